The lowest BCUT2D eigenvalue weighted by molar-refractivity contribution is -0.384. The number of hydrogen-bond acceptors (Lipinski definition) is 4. The van der Waals surface area contributed by atoms with Crippen LogP contribution >= 0.6 is 0 Å². The quantitative estimate of drug-likeness (QED) is 0.404. The van der Waals surface area contributed by atoms with Crippen molar-refractivity contribution in [2.24, 2.45) is 0 Å². The molecule has 1 N–H and O–H groups in total. The Labute approximate surface area is 149 Å². The van der Waals surface area contributed by atoms with Gasteiger partial charge < -0.3 is 9.84 Å². The molecule has 0 bridgehead atoms. The van der Waals surface area contributed by atoms with Gasteiger partial charge in [-0.15, -0.1) is 0 Å². The largest absolute Gasteiger partial charge is 0.488 e. The second kappa shape index (κ2) is 7.48. The van der Waals surface area contributed by atoms with E-state index in [2.05, 4.69) is 0 Å². The first kappa shape index (κ1) is 17.2. The molecule has 26 heavy (non-hydrogen) atoms. The number of carboxylic acids is 1. The van der Waals surface area contributed by atoms with Gasteiger partial charge in [-0.25, -0.2) is 4.79 Å². The zero-order chi connectivity index (χ0) is 18.5. The Hall–Kier alpha value is -3.67. The Morgan fingerprint density at radius 3 is 2.50 bits per heavy atom. The topological polar surface area (TPSA) is 89.7 Å². The molecular weight excluding hydrogens is 334 g/mol. The fourth-order valence-electron chi connectivity index (χ4n) is 2.60. The van der Waals surface area contributed by atoms with Gasteiger partial charge in [-0.2, -0.15) is 0 Å². The van der Waals surface area contributed by atoms with Crippen molar-refractivity contribution in [3.63, 3.8) is 0 Å². The van der Waals surface area contributed by atoms with Gasteiger partial charge in [0.15, 0.2) is 0 Å². The molecule has 0 unspecified atom stereocenters. The van der Waals surface area contributed by atoms with Crippen LogP contribution in [-0.2, 0) is 11.4 Å². The molecule has 0 spiro atoms. The van der Waals surface area contributed by atoms with Gasteiger partial charge in [0.1, 0.15) is 12.4 Å². The third kappa shape index (κ3) is 3.87. The number of nitrogens with zero attached hydrogens (tertiary/aromatic N) is 1. The van der Waals surface area contributed by atoms with Crippen LogP contribution in [0.2, 0.25) is 0 Å². The van der Waals surface area contributed by atoms with E-state index >= 15 is 0 Å². The fourth-order valence-corrected chi connectivity index (χ4v) is 2.60. The van der Waals surface area contributed by atoms with Crippen LogP contribution in [0.1, 0.15) is 11.1 Å². The molecule has 0 amide bonds. The van der Waals surface area contributed by atoms with Crippen molar-refractivity contribution in [2.75, 3.05) is 0 Å². The van der Waals surface area contributed by atoms with Crippen molar-refractivity contribution in [1.82, 2.24) is 0 Å². The summed E-state index contributed by atoms with van der Waals surface area (Å²) in [5.41, 5.74) is 1.47. The van der Waals surface area contributed by atoms with Gasteiger partial charge in [0.05, 0.1) is 4.92 Å². The molecule has 0 aliphatic rings. The van der Waals surface area contributed by atoms with Crippen molar-refractivity contribution in [3.8, 4) is 5.75 Å². The van der Waals surface area contributed by atoms with Crippen LogP contribution in [0, 0.1) is 10.1 Å². The standard InChI is InChI=1S/C20H15NO5/c22-20(23)12-10-18-17-4-2-1-3-15(17)7-11-19(18)26-13-14-5-8-16(9-6-14)21(24)25/h1-12H,13H2,(H,22,23). The van der Waals surface area contributed by atoms with Gasteiger partial charge in [0.2, 0.25) is 0 Å². The lowest BCUT2D eigenvalue weighted by Gasteiger charge is -2.12. The van der Waals surface area contributed by atoms with E-state index in [1.54, 1.807) is 18.2 Å². The summed E-state index contributed by atoms with van der Waals surface area (Å²) in [6.45, 7) is 0.213. The second-order valence-electron chi connectivity index (χ2n) is 5.58. The number of nitro benzene ring substituents is 1. The molecule has 0 aliphatic carbocycles. The summed E-state index contributed by atoms with van der Waals surface area (Å²) in [5.74, 6) is -0.501. The highest BCUT2D eigenvalue weighted by Crippen LogP contribution is 2.30. The Bertz CT molecular complexity index is 993. The maximum atomic E-state index is 10.9. The number of fused-ring (bicyclic) bond motifs is 1. The van der Waals surface area contributed by atoms with Crippen LogP contribution in [0.25, 0.3) is 16.8 Å². The monoisotopic (exact) mass is 349 g/mol. The van der Waals surface area contributed by atoms with Gasteiger partial charge >= 0.3 is 5.97 Å². The van der Waals surface area contributed by atoms with E-state index in [0.29, 0.717) is 11.3 Å². The van der Waals surface area contributed by atoms with E-state index in [1.165, 1.54) is 18.2 Å². The van der Waals surface area contributed by atoms with E-state index in [-0.39, 0.29) is 12.3 Å². The minimum absolute atomic E-state index is 0.0181. The van der Waals surface area contributed by atoms with Crippen molar-refractivity contribution < 1.29 is 19.6 Å². The molecule has 130 valence electrons. The van der Waals surface area contributed by atoms with Crippen LogP contribution in [0.15, 0.2) is 66.7 Å². The number of carbonyl (C=O) groups is 1. The molecule has 0 saturated heterocycles. The first-order valence-electron chi connectivity index (χ1n) is 7.83. The number of nitro groups is 1. The highest BCUT2D eigenvalue weighted by molar-refractivity contribution is 5.96. The lowest BCUT2D eigenvalue weighted by atomic mass is 10.0. The molecule has 0 aliphatic heterocycles. The van der Waals surface area contributed by atoms with E-state index < -0.39 is 10.9 Å². The molecule has 3 aromatic rings. The number of aliphatic carboxylic acids is 1. The maximum absolute atomic E-state index is 10.9. The number of ether oxygens (including phenoxy) is 1. The number of non-ortho nitro benzene ring substituents is 1. The van der Waals surface area contributed by atoms with E-state index in [9.17, 15) is 14.9 Å². The smallest absolute Gasteiger partial charge is 0.328 e. The second-order valence-corrected chi connectivity index (χ2v) is 5.58. The number of rotatable bonds is 6. The summed E-state index contributed by atoms with van der Waals surface area (Å²) in [7, 11) is 0. The average Bonchev–Trinajstić information content (AvgIpc) is 2.65. The fraction of sp³-hybridized carbons (Fsp3) is 0.0500. The third-order valence-corrected chi connectivity index (χ3v) is 3.86. The van der Waals surface area contributed by atoms with Crippen molar-refractivity contribution in [1.29, 1.82) is 0 Å². The number of hydrogen-bond donors (Lipinski definition) is 1. The summed E-state index contributed by atoms with van der Waals surface area (Å²) in [6, 6.07) is 17.4. The first-order valence-corrected chi connectivity index (χ1v) is 7.83. The zero-order valence-electron chi connectivity index (χ0n) is 13.7. The molecule has 0 saturated carbocycles. The predicted molar refractivity (Wildman–Crippen MR) is 98.0 cm³/mol. The van der Waals surface area contributed by atoms with E-state index in [4.69, 9.17) is 9.84 Å². The lowest BCUT2D eigenvalue weighted by Crippen LogP contribution is -1.98. The molecule has 3 rings (SSSR count). The minimum Gasteiger partial charge on any atom is -0.488 e. The van der Waals surface area contributed by atoms with Gasteiger partial charge in [-0.05, 0) is 40.6 Å². The molecule has 6 nitrogen and oxygen atoms in total. The van der Waals surface area contributed by atoms with E-state index in [1.807, 2.05) is 30.3 Å². The van der Waals surface area contributed by atoms with Crippen molar-refractivity contribution in [2.45, 2.75) is 6.61 Å². The van der Waals surface area contributed by atoms with Crippen LogP contribution < -0.4 is 4.74 Å². The van der Waals surface area contributed by atoms with Crippen molar-refractivity contribution >= 4 is 28.5 Å². The average molecular weight is 349 g/mol. The first-order chi connectivity index (χ1) is 12.5. The third-order valence-electron chi connectivity index (χ3n) is 3.86. The molecule has 0 heterocycles. The maximum Gasteiger partial charge on any atom is 0.328 e. The van der Waals surface area contributed by atoms with E-state index in [0.717, 1.165) is 22.4 Å². The van der Waals surface area contributed by atoms with Crippen LogP contribution in [0.4, 0.5) is 5.69 Å². The molecular formula is C20H15NO5. The summed E-state index contributed by atoms with van der Waals surface area (Å²) >= 11 is 0. The highest BCUT2D eigenvalue weighted by atomic mass is 16.6. The summed E-state index contributed by atoms with van der Waals surface area (Å²) in [4.78, 5) is 21.2. The van der Waals surface area contributed by atoms with Gasteiger partial charge in [-0.1, -0.05) is 30.3 Å². The summed E-state index contributed by atoms with van der Waals surface area (Å²) < 4.78 is 5.85. The molecule has 0 radical (unpaired) electrons. The molecule has 3 aromatic carbocycles. The minimum atomic E-state index is -1.04. The van der Waals surface area contributed by atoms with Crippen LogP contribution in [0.5, 0.6) is 5.75 Å². The van der Waals surface area contributed by atoms with Gasteiger partial charge in [0, 0.05) is 23.8 Å². The number of carboxylic acid groups (broad SMARTS) is 1. The Morgan fingerprint density at radius 1 is 1.08 bits per heavy atom. The van der Waals surface area contributed by atoms with Crippen molar-refractivity contribution in [3.05, 3.63) is 88.0 Å². The molecule has 0 aromatic heterocycles. The number of benzene rings is 3. The summed E-state index contributed by atoms with van der Waals surface area (Å²) in [5, 5.41) is 21.5. The Morgan fingerprint density at radius 2 is 1.81 bits per heavy atom. The zero-order valence-corrected chi connectivity index (χ0v) is 13.7. The highest BCUT2D eigenvalue weighted by Gasteiger charge is 2.09. The summed E-state index contributed by atoms with van der Waals surface area (Å²) in [6.07, 6.45) is 2.58. The molecule has 0 fully saturated rings. The molecule has 0 atom stereocenters. The van der Waals surface area contributed by atoms with Crippen LogP contribution in [-0.4, -0.2) is 16.0 Å². The normalized spacial score (nSPS) is 10.9. The predicted octanol–water partition coefficient (Wildman–Crippen LogP) is 4.42. The molecule has 6 heteroatoms. The Balaban J connectivity index is 1.90. The Kier molecular flexibility index (Phi) is 4.94. The van der Waals surface area contributed by atoms with Crippen LogP contribution in [0.3, 0.4) is 0 Å². The SMILES string of the molecule is O=C(O)C=Cc1c(OCc2ccc([N+](=O)[O-])cc2)ccc2ccccc12. The van der Waals surface area contributed by atoms with Gasteiger partial charge in [0.25, 0.3) is 5.69 Å². The van der Waals surface area contributed by atoms with Gasteiger partial charge in [-0.3, -0.25) is 10.1 Å².